The number of hydrogen-bond acceptors (Lipinski definition) is 7. The van der Waals surface area contributed by atoms with Crippen molar-refractivity contribution in [3.05, 3.63) is 36.5 Å². The van der Waals surface area contributed by atoms with Crippen molar-refractivity contribution in [3.63, 3.8) is 0 Å². The summed E-state index contributed by atoms with van der Waals surface area (Å²) < 4.78 is 30.3. The van der Waals surface area contributed by atoms with E-state index in [2.05, 4.69) is 50.4 Å². The van der Waals surface area contributed by atoms with Gasteiger partial charge in [0.2, 0.25) is 5.91 Å². The minimum absolute atomic E-state index is 0.0213. The number of hydrogen-bond donors (Lipinski definition) is 1. The predicted octanol–water partition coefficient (Wildman–Crippen LogP) is 18.9. The van der Waals surface area contributed by atoms with E-state index >= 15 is 0 Å². The number of carbonyl (C=O) groups excluding carboxylic acids is 2. The van der Waals surface area contributed by atoms with Crippen LogP contribution in [0.25, 0.3) is 0 Å². The number of allylic oxidation sites excluding steroid dienone is 5. The second kappa shape index (κ2) is 54.6. The van der Waals surface area contributed by atoms with Gasteiger partial charge in [-0.05, 0) is 83.1 Å². The van der Waals surface area contributed by atoms with Crippen LogP contribution in [-0.4, -0.2) is 69.4 Å². The molecule has 74 heavy (non-hydrogen) atoms. The zero-order chi connectivity index (χ0) is 54.3. The largest absolute Gasteiger partial charge is 0.756 e. The van der Waals surface area contributed by atoms with Gasteiger partial charge in [-0.25, -0.2) is 0 Å². The van der Waals surface area contributed by atoms with Crippen molar-refractivity contribution < 1.29 is 37.3 Å². The minimum atomic E-state index is -4.70. The topological polar surface area (TPSA) is 114 Å². The molecule has 0 radical (unpaired) electrons. The smallest absolute Gasteiger partial charge is 0.306 e. The normalized spacial score (nSPS) is 13.9. The highest BCUT2D eigenvalue weighted by atomic mass is 31.2. The van der Waals surface area contributed by atoms with Crippen LogP contribution < -0.4 is 10.2 Å². The number of nitrogens with zero attached hydrogens (tertiary/aromatic N) is 1. The number of esters is 1. The molecule has 0 saturated heterocycles. The molecule has 436 valence electrons. The Bertz CT molecular complexity index is 1360. The van der Waals surface area contributed by atoms with Crippen LogP contribution in [0.3, 0.4) is 0 Å². The van der Waals surface area contributed by atoms with Gasteiger partial charge in [-0.1, -0.05) is 250 Å². The Morgan fingerprint density at radius 2 is 0.784 bits per heavy atom. The highest BCUT2D eigenvalue weighted by Gasteiger charge is 2.27. The first-order chi connectivity index (χ1) is 35.9. The number of unbranched alkanes of at least 4 members (excludes halogenated alkanes) is 38. The van der Waals surface area contributed by atoms with Crippen LogP contribution in [0, 0.1) is 0 Å². The number of quaternary nitrogens is 1. The van der Waals surface area contributed by atoms with Gasteiger partial charge in [0.1, 0.15) is 19.3 Å². The average molecular weight is 1060 g/mol. The number of carbonyl (C=O) groups is 2. The van der Waals surface area contributed by atoms with E-state index in [1.807, 2.05) is 33.3 Å². The van der Waals surface area contributed by atoms with Gasteiger partial charge in [0, 0.05) is 12.8 Å². The van der Waals surface area contributed by atoms with Gasteiger partial charge in [-0.15, -0.1) is 0 Å². The number of ether oxygens (including phenoxy) is 1. The van der Waals surface area contributed by atoms with Crippen molar-refractivity contribution in [2.75, 3.05) is 40.9 Å². The Kier molecular flexibility index (Phi) is 53.3. The molecule has 1 amide bonds. The molecule has 0 aliphatic rings. The van der Waals surface area contributed by atoms with E-state index in [-0.39, 0.29) is 31.5 Å². The highest BCUT2D eigenvalue weighted by molar-refractivity contribution is 7.45. The summed E-state index contributed by atoms with van der Waals surface area (Å²) in [7, 11) is 1.19. The molecule has 10 heteroatoms. The molecule has 0 heterocycles. The Morgan fingerprint density at radius 1 is 0.459 bits per heavy atom. The number of rotatable bonds is 58. The molecule has 3 atom stereocenters. The fourth-order valence-electron chi connectivity index (χ4n) is 9.34. The first-order valence-electron chi connectivity index (χ1n) is 31.8. The van der Waals surface area contributed by atoms with E-state index in [9.17, 15) is 19.0 Å². The number of nitrogens with one attached hydrogen (secondary N) is 1. The second-order valence-corrected chi connectivity index (χ2v) is 24.3. The standard InChI is InChI=1S/C64H123N2O7P/c1-7-10-13-16-19-22-25-28-30-31-32-33-34-35-37-38-41-44-47-50-53-56-63(67)65-61(60-72-74(69,70)71-59-58-66(4,5)6)62(55-52-49-46-43-40-27-24-21-18-15-12-9-3)73-64(68)57-54-51-48-45-42-39-36-29-26-23-20-17-14-11-8-2/h23,26,28,30,52,55,61-62H,7-22,24-25,27,29,31-51,53-54,56-60H2,1-6H3,(H-,65,67,69,70)/b26-23-,30-28+,55-52-. The van der Waals surface area contributed by atoms with E-state index in [0.717, 1.165) is 70.6 Å². The molecule has 9 nitrogen and oxygen atoms in total. The van der Waals surface area contributed by atoms with Crippen LogP contribution in [0.4, 0.5) is 0 Å². The molecule has 0 aliphatic heterocycles. The molecule has 0 fully saturated rings. The van der Waals surface area contributed by atoms with Crippen LogP contribution in [0.2, 0.25) is 0 Å². The average Bonchev–Trinajstić information content (AvgIpc) is 3.36. The van der Waals surface area contributed by atoms with Gasteiger partial charge in [0.25, 0.3) is 7.82 Å². The van der Waals surface area contributed by atoms with Crippen LogP contribution in [-0.2, 0) is 27.9 Å². The second-order valence-electron chi connectivity index (χ2n) is 22.9. The van der Waals surface area contributed by atoms with E-state index < -0.39 is 20.0 Å². The summed E-state index contributed by atoms with van der Waals surface area (Å²) >= 11 is 0. The molecule has 0 rings (SSSR count). The van der Waals surface area contributed by atoms with Crippen molar-refractivity contribution in [3.8, 4) is 0 Å². The summed E-state index contributed by atoms with van der Waals surface area (Å²) in [4.78, 5) is 40.0. The van der Waals surface area contributed by atoms with E-state index in [1.165, 1.54) is 205 Å². The number of amides is 1. The van der Waals surface area contributed by atoms with Gasteiger partial charge in [-0.2, -0.15) is 0 Å². The van der Waals surface area contributed by atoms with Gasteiger partial charge in [0.15, 0.2) is 0 Å². The molecule has 1 N–H and O–H groups in total. The van der Waals surface area contributed by atoms with E-state index in [4.69, 9.17) is 13.8 Å². The Labute approximate surface area is 459 Å². The molecule has 0 aromatic rings. The fourth-order valence-corrected chi connectivity index (χ4v) is 10.1. The van der Waals surface area contributed by atoms with Gasteiger partial charge < -0.3 is 28.5 Å². The molecule has 0 aliphatic carbocycles. The molecular weight excluding hydrogens is 940 g/mol. The SMILES string of the molecule is CCCCCC/C=C\CCCCCCCCCC(=O)OC(/C=C\CCCCCCCCCCCC)C(COP(=O)([O-])OCC[N+](C)(C)C)NC(=O)CCCCCCCCCCCCC/C=C/CCCCCCCC. The molecule has 3 unspecified atom stereocenters. The van der Waals surface area contributed by atoms with Gasteiger partial charge in [-0.3, -0.25) is 14.2 Å². The van der Waals surface area contributed by atoms with Gasteiger partial charge in [0.05, 0.1) is 33.8 Å². The monoisotopic (exact) mass is 1060 g/mol. The third-order valence-electron chi connectivity index (χ3n) is 14.3. The summed E-state index contributed by atoms with van der Waals surface area (Å²) in [6.07, 6.45) is 65.3. The van der Waals surface area contributed by atoms with Crippen molar-refractivity contribution in [1.29, 1.82) is 0 Å². The van der Waals surface area contributed by atoms with Crippen LogP contribution in [0.1, 0.15) is 310 Å². The van der Waals surface area contributed by atoms with Crippen LogP contribution in [0.15, 0.2) is 36.5 Å². The number of phosphoric acid groups is 1. The molecule has 0 bridgehead atoms. The van der Waals surface area contributed by atoms with E-state index in [1.54, 1.807) is 0 Å². The summed E-state index contributed by atoms with van der Waals surface area (Å²) in [6.45, 7) is 6.85. The first kappa shape index (κ1) is 72.2. The maximum Gasteiger partial charge on any atom is 0.306 e. The molecule has 0 saturated carbocycles. The van der Waals surface area contributed by atoms with Crippen LogP contribution >= 0.6 is 7.82 Å². The maximum absolute atomic E-state index is 13.5. The Hall–Kier alpha value is -1.77. The zero-order valence-electron chi connectivity index (χ0n) is 49.8. The summed E-state index contributed by atoms with van der Waals surface area (Å²) in [6, 6.07) is -0.887. The molecular formula is C64H123N2O7P. The Morgan fingerprint density at radius 3 is 1.16 bits per heavy atom. The third-order valence-corrected chi connectivity index (χ3v) is 15.3. The molecule has 0 aromatic heterocycles. The predicted molar refractivity (Wildman–Crippen MR) is 316 cm³/mol. The number of phosphoric ester groups is 1. The minimum Gasteiger partial charge on any atom is -0.756 e. The maximum atomic E-state index is 13.5. The third kappa shape index (κ3) is 55.0. The van der Waals surface area contributed by atoms with Crippen molar-refractivity contribution in [2.45, 2.75) is 322 Å². The van der Waals surface area contributed by atoms with Crippen molar-refractivity contribution in [2.24, 2.45) is 0 Å². The number of likely N-dealkylation sites (N-methyl/N-ethyl adjacent to an activating group) is 1. The summed E-state index contributed by atoms with van der Waals surface area (Å²) in [5.74, 6) is -0.535. The highest BCUT2D eigenvalue weighted by Crippen LogP contribution is 2.38. The fraction of sp³-hybridized carbons (Fsp3) is 0.875. The lowest BCUT2D eigenvalue weighted by molar-refractivity contribution is -0.870. The lowest BCUT2D eigenvalue weighted by Crippen LogP contribution is -2.47. The Balaban J connectivity index is 5.18. The molecule has 0 spiro atoms. The molecule has 0 aromatic carbocycles. The van der Waals surface area contributed by atoms with E-state index in [0.29, 0.717) is 17.4 Å². The lowest BCUT2D eigenvalue weighted by Gasteiger charge is -2.30. The first-order valence-corrected chi connectivity index (χ1v) is 33.3. The zero-order valence-corrected chi connectivity index (χ0v) is 50.7. The van der Waals surface area contributed by atoms with Crippen molar-refractivity contribution in [1.82, 2.24) is 5.32 Å². The van der Waals surface area contributed by atoms with Crippen LogP contribution in [0.5, 0.6) is 0 Å². The van der Waals surface area contributed by atoms with Gasteiger partial charge >= 0.3 is 5.97 Å². The quantitative estimate of drug-likeness (QED) is 0.0212. The van der Waals surface area contributed by atoms with Crippen molar-refractivity contribution >= 4 is 19.7 Å². The lowest BCUT2D eigenvalue weighted by atomic mass is 10.0. The summed E-state index contributed by atoms with van der Waals surface area (Å²) in [5.41, 5.74) is 0. The summed E-state index contributed by atoms with van der Waals surface area (Å²) in [5, 5.41) is 3.03.